The minimum absolute atomic E-state index is 0.0897. The number of hydrogen-bond acceptors (Lipinski definition) is 4. The van der Waals surface area contributed by atoms with Crippen LogP contribution in [0.15, 0.2) is 35.2 Å². The summed E-state index contributed by atoms with van der Waals surface area (Å²) < 4.78 is 6.69. The molecule has 7 heteroatoms. The number of urea groups is 1. The van der Waals surface area contributed by atoms with Crippen molar-refractivity contribution in [3.8, 4) is 0 Å². The van der Waals surface area contributed by atoms with Crippen LogP contribution in [0.3, 0.4) is 0 Å². The van der Waals surface area contributed by atoms with Gasteiger partial charge in [-0.25, -0.2) is 4.79 Å². The molecule has 0 fully saturated rings. The lowest BCUT2D eigenvalue weighted by Gasteiger charge is -2.10. The summed E-state index contributed by atoms with van der Waals surface area (Å²) in [5, 5.41) is 18.9. The van der Waals surface area contributed by atoms with Gasteiger partial charge in [-0.2, -0.15) is 5.10 Å². The normalized spacial score (nSPS) is 12.1. The smallest absolute Gasteiger partial charge is 0.315 e. The van der Waals surface area contributed by atoms with Gasteiger partial charge in [-0.15, -0.1) is 0 Å². The standard InChI is InChI=1S/C12H16N4O3/c1-16-8-9(6-15-16)5-13-12(18)14-7-10(17)11-3-2-4-19-11/h2-4,6,8,10,17H,5,7H2,1H3,(H2,13,14,18). The Kier molecular flexibility index (Phi) is 4.19. The predicted octanol–water partition coefficient (Wildman–Crippen LogP) is 0.546. The number of aromatic nitrogens is 2. The Labute approximate surface area is 110 Å². The number of rotatable bonds is 5. The second kappa shape index (κ2) is 6.05. The fourth-order valence-electron chi connectivity index (χ4n) is 1.58. The highest BCUT2D eigenvalue weighted by Gasteiger charge is 2.11. The van der Waals surface area contributed by atoms with E-state index in [1.807, 2.05) is 13.2 Å². The highest BCUT2D eigenvalue weighted by atomic mass is 16.4. The maximum atomic E-state index is 11.5. The van der Waals surface area contributed by atoms with Crippen molar-refractivity contribution < 1.29 is 14.3 Å². The first kappa shape index (κ1) is 13.2. The van der Waals surface area contributed by atoms with Crippen molar-refractivity contribution in [2.75, 3.05) is 6.54 Å². The van der Waals surface area contributed by atoms with Gasteiger partial charge < -0.3 is 20.2 Å². The van der Waals surface area contributed by atoms with E-state index in [-0.39, 0.29) is 12.6 Å². The quantitative estimate of drug-likeness (QED) is 0.735. The molecule has 0 aromatic carbocycles. The molecule has 1 atom stereocenters. The summed E-state index contributed by atoms with van der Waals surface area (Å²) in [5.41, 5.74) is 0.907. The van der Waals surface area contributed by atoms with Crippen molar-refractivity contribution in [2.24, 2.45) is 7.05 Å². The highest BCUT2D eigenvalue weighted by molar-refractivity contribution is 5.73. The van der Waals surface area contributed by atoms with Gasteiger partial charge in [0.1, 0.15) is 11.9 Å². The van der Waals surface area contributed by atoms with E-state index in [1.54, 1.807) is 23.0 Å². The molecule has 3 N–H and O–H groups in total. The molecule has 0 saturated carbocycles. The Morgan fingerprint density at radius 3 is 3.05 bits per heavy atom. The zero-order chi connectivity index (χ0) is 13.7. The summed E-state index contributed by atoms with van der Waals surface area (Å²) in [6.45, 7) is 0.475. The first-order valence-electron chi connectivity index (χ1n) is 5.86. The molecule has 0 aliphatic heterocycles. The Morgan fingerprint density at radius 2 is 2.42 bits per heavy atom. The van der Waals surface area contributed by atoms with Crippen molar-refractivity contribution in [1.82, 2.24) is 20.4 Å². The van der Waals surface area contributed by atoms with Crippen molar-refractivity contribution >= 4 is 6.03 Å². The van der Waals surface area contributed by atoms with Gasteiger partial charge in [-0.05, 0) is 12.1 Å². The van der Waals surface area contributed by atoms with Gasteiger partial charge in [0.2, 0.25) is 0 Å². The predicted molar refractivity (Wildman–Crippen MR) is 67.1 cm³/mol. The van der Waals surface area contributed by atoms with E-state index >= 15 is 0 Å². The molecular formula is C12H16N4O3. The van der Waals surface area contributed by atoms with E-state index in [9.17, 15) is 9.90 Å². The highest BCUT2D eigenvalue weighted by Crippen LogP contribution is 2.11. The molecule has 0 spiro atoms. The van der Waals surface area contributed by atoms with Crippen molar-refractivity contribution in [1.29, 1.82) is 0 Å². The lowest BCUT2D eigenvalue weighted by atomic mass is 10.3. The van der Waals surface area contributed by atoms with E-state index in [0.29, 0.717) is 12.3 Å². The second-order valence-corrected chi connectivity index (χ2v) is 4.12. The number of carbonyl (C=O) groups is 1. The number of aliphatic hydroxyl groups excluding tert-OH is 1. The van der Waals surface area contributed by atoms with E-state index < -0.39 is 6.10 Å². The van der Waals surface area contributed by atoms with Gasteiger partial charge in [-0.3, -0.25) is 4.68 Å². The number of nitrogens with zero attached hydrogens (tertiary/aromatic N) is 2. The summed E-state index contributed by atoms with van der Waals surface area (Å²) in [5.74, 6) is 0.424. The minimum Gasteiger partial charge on any atom is -0.467 e. The number of amides is 2. The van der Waals surface area contributed by atoms with Gasteiger partial charge in [-0.1, -0.05) is 0 Å². The number of aryl methyl sites for hydroxylation is 1. The van der Waals surface area contributed by atoms with Gasteiger partial charge in [0.05, 0.1) is 19.0 Å². The van der Waals surface area contributed by atoms with Crippen LogP contribution in [-0.4, -0.2) is 27.5 Å². The summed E-state index contributed by atoms with van der Waals surface area (Å²) in [6, 6.07) is 2.98. The first-order valence-corrected chi connectivity index (χ1v) is 5.86. The average molecular weight is 264 g/mol. The van der Waals surface area contributed by atoms with Crippen LogP contribution >= 0.6 is 0 Å². The van der Waals surface area contributed by atoms with Gasteiger partial charge in [0, 0.05) is 25.4 Å². The van der Waals surface area contributed by atoms with E-state index in [0.717, 1.165) is 5.56 Å². The van der Waals surface area contributed by atoms with E-state index in [4.69, 9.17) is 4.42 Å². The third-order valence-corrected chi connectivity index (χ3v) is 2.54. The average Bonchev–Trinajstić information content (AvgIpc) is 3.04. The molecule has 0 radical (unpaired) electrons. The monoisotopic (exact) mass is 264 g/mol. The van der Waals surface area contributed by atoms with Crippen LogP contribution in [0.4, 0.5) is 4.79 Å². The molecule has 1 unspecified atom stereocenters. The lowest BCUT2D eigenvalue weighted by molar-refractivity contribution is 0.148. The zero-order valence-electron chi connectivity index (χ0n) is 10.5. The van der Waals surface area contributed by atoms with Gasteiger partial charge in [0.15, 0.2) is 0 Å². The molecule has 2 heterocycles. The van der Waals surface area contributed by atoms with E-state index in [2.05, 4.69) is 15.7 Å². The number of hydrogen-bond donors (Lipinski definition) is 3. The number of carbonyl (C=O) groups excluding carboxylic acids is 1. The number of nitrogens with one attached hydrogen (secondary N) is 2. The number of aliphatic hydroxyl groups is 1. The van der Waals surface area contributed by atoms with Crippen LogP contribution in [0.25, 0.3) is 0 Å². The molecule has 19 heavy (non-hydrogen) atoms. The molecular weight excluding hydrogens is 248 g/mol. The fraction of sp³-hybridized carbons (Fsp3) is 0.333. The maximum absolute atomic E-state index is 11.5. The van der Waals surface area contributed by atoms with E-state index in [1.165, 1.54) is 6.26 Å². The van der Waals surface area contributed by atoms with Crippen LogP contribution in [-0.2, 0) is 13.6 Å². The second-order valence-electron chi connectivity index (χ2n) is 4.12. The maximum Gasteiger partial charge on any atom is 0.315 e. The molecule has 2 amide bonds. The molecule has 0 aliphatic rings. The van der Waals surface area contributed by atoms with Gasteiger partial charge >= 0.3 is 6.03 Å². The van der Waals surface area contributed by atoms with Crippen LogP contribution in [0.2, 0.25) is 0 Å². The third-order valence-electron chi connectivity index (χ3n) is 2.54. The van der Waals surface area contributed by atoms with Crippen LogP contribution in [0.1, 0.15) is 17.4 Å². The summed E-state index contributed by atoms with van der Waals surface area (Å²) in [6.07, 6.45) is 4.12. The summed E-state index contributed by atoms with van der Waals surface area (Å²) in [7, 11) is 1.81. The SMILES string of the molecule is Cn1cc(CNC(=O)NCC(O)c2ccco2)cn1. The summed E-state index contributed by atoms with van der Waals surface area (Å²) in [4.78, 5) is 11.5. The van der Waals surface area contributed by atoms with Crippen LogP contribution in [0, 0.1) is 0 Å². The van der Waals surface area contributed by atoms with Crippen molar-refractivity contribution in [3.05, 3.63) is 42.1 Å². The molecule has 0 aliphatic carbocycles. The lowest BCUT2D eigenvalue weighted by Crippen LogP contribution is -2.37. The Balaban J connectivity index is 1.70. The van der Waals surface area contributed by atoms with Gasteiger partial charge in [0.25, 0.3) is 0 Å². The first-order chi connectivity index (χ1) is 9.15. The number of furan rings is 1. The molecule has 2 aromatic rings. The van der Waals surface area contributed by atoms with Crippen LogP contribution < -0.4 is 10.6 Å². The molecule has 2 rings (SSSR count). The molecule has 102 valence electrons. The topological polar surface area (TPSA) is 92.3 Å². The largest absolute Gasteiger partial charge is 0.467 e. The Morgan fingerprint density at radius 1 is 1.58 bits per heavy atom. The molecule has 7 nitrogen and oxygen atoms in total. The van der Waals surface area contributed by atoms with Crippen molar-refractivity contribution in [3.63, 3.8) is 0 Å². The van der Waals surface area contributed by atoms with Crippen molar-refractivity contribution in [2.45, 2.75) is 12.6 Å². The molecule has 2 aromatic heterocycles. The minimum atomic E-state index is -0.848. The zero-order valence-corrected chi connectivity index (χ0v) is 10.5. The summed E-state index contributed by atoms with van der Waals surface area (Å²) >= 11 is 0. The molecule has 0 bridgehead atoms. The molecule has 0 saturated heterocycles. The van der Waals surface area contributed by atoms with Crippen LogP contribution in [0.5, 0.6) is 0 Å². The Hall–Kier alpha value is -2.28. The fourth-order valence-corrected chi connectivity index (χ4v) is 1.58. The third kappa shape index (κ3) is 3.85. The Bertz CT molecular complexity index is 521.